The van der Waals surface area contributed by atoms with E-state index in [-0.39, 0.29) is 23.8 Å². The molecule has 1 aromatic carbocycles. The maximum atomic E-state index is 12.5. The van der Waals surface area contributed by atoms with Crippen LogP contribution in [0.3, 0.4) is 0 Å². The lowest BCUT2D eigenvalue weighted by Crippen LogP contribution is -2.48. The van der Waals surface area contributed by atoms with Crippen molar-refractivity contribution in [3.05, 3.63) is 29.8 Å². The predicted molar refractivity (Wildman–Crippen MR) is 95.2 cm³/mol. The quantitative estimate of drug-likeness (QED) is 0.873. The molecule has 0 spiro atoms. The Balaban J connectivity index is 1.53. The van der Waals surface area contributed by atoms with Crippen molar-refractivity contribution in [3.8, 4) is 5.75 Å². The summed E-state index contributed by atoms with van der Waals surface area (Å²) in [6.07, 6.45) is 2.44. The Morgan fingerprint density at radius 1 is 1.28 bits per heavy atom. The molecule has 1 N–H and O–H groups in total. The van der Waals surface area contributed by atoms with Gasteiger partial charge in [0.1, 0.15) is 5.75 Å². The number of nitrogens with zero attached hydrogens (tertiary/aromatic N) is 2. The molecule has 1 aromatic rings. The fourth-order valence-corrected chi connectivity index (χ4v) is 3.66. The first-order valence-corrected chi connectivity index (χ1v) is 8.95. The van der Waals surface area contributed by atoms with Crippen LogP contribution in [0.15, 0.2) is 24.3 Å². The molecule has 25 heavy (non-hydrogen) atoms. The molecule has 136 valence electrons. The molecule has 0 bridgehead atoms. The molecule has 2 saturated heterocycles. The number of benzene rings is 1. The zero-order valence-corrected chi connectivity index (χ0v) is 15.0. The first-order valence-electron chi connectivity index (χ1n) is 8.95. The monoisotopic (exact) mass is 345 g/mol. The van der Waals surface area contributed by atoms with Crippen molar-refractivity contribution >= 4 is 11.8 Å². The van der Waals surface area contributed by atoms with E-state index in [0.29, 0.717) is 19.5 Å². The molecule has 6 nitrogen and oxygen atoms in total. The van der Waals surface area contributed by atoms with Gasteiger partial charge in [-0.3, -0.25) is 9.59 Å². The highest BCUT2D eigenvalue weighted by Crippen LogP contribution is 2.22. The van der Waals surface area contributed by atoms with Crippen LogP contribution in [0, 0.1) is 5.92 Å². The van der Waals surface area contributed by atoms with E-state index in [1.807, 2.05) is 24.3 Å². The van der Waals surface area contributed by atoms with Gasteiger partial charge in [-0.1, -0.05) is 12.1 Å². The van der Waals surface area contributed by atoms with Gasteiger partial charge in [0.2, 0.25) is 11.8 Å². The third-order valence-corrected chi connectivity index (χ3v) is 5.09. The Kier molecular flexibility index (Phi) is 5.58. The van der Waals surface area contributed by atoms with Crippen LogP contribution in [0.2, 0.25) is 0 Å². The molecular formula is C19H27N3O3. The van der Waals surface area contributed by atoms with Crippen molar-refractivity contribution in [3.63, 3.8) is 0 Å². The minimum atomic E-state index is -0.238. The standard InChI is InChI=1S/C19H27N3O3/c1-21-9-3-4-16(13-21)20-19(24)15-10-18(23)22(12-15)11-14-5-7-17(25-2)8-6-14/h5-8,15-16H,3-4,9-13H2,1-2H3,(H,20,24)/t15-,16-/m0/s1. The predicted octanol–water partition coefficient (Wildman–Crippen LogP) is 1.25. The molecule has 0 radical (unpaired) electrons. The largest absolute Gasteiger partial charge is 0.497 e. The van der Waals surface area contributed by atoms with Crippen molar-refractivity contribution in [2.24, 2.45) is 5.92 Å². The number of hydrogen-bond acceptors (Lipinski definition) is 4. The summed E-state index contributed by atoms with van der Waals surface area (Å²) in [6.45, 7) is 3.02. The maximum absolute atomic E-state index is 12.5. The maximum Gasteiger partial charge on any atom is 0.225 e. The van der Waals surface area contributed by atoms with Crippen LogP contribution in [0.4, 0.5) is 0 Å². The minimum absolute atomic E-state index is 0.0193. The molecular weight excluding hydrogens is 318 g/mol. The number of methoxy groups -OCH3 is 1. The second-order valence-corrected chi connectivity index (χ2v) is 7.13. The molecule has 2 atom stereocenters. The van der Waals surface area contributed by atoms with E-state index < -0.39 is 0 Å². The van der Waals surface area contributed by atoms with Gasteiger partial charge in [-0.2, -0.15) is 0 Å². The van der Waals surface area contributed by atoms with Gasteiger partial charge in [0.05, 0.1) is 13.0 Å². The number of piperidine rings is 1. The van der Waals surface area contributed by atoms with Gasteiger partial charge in [0.25, 0.3) is 0 Å². The lowest BCUT2D eigenvalue weighted by atomic mass is 10.0. The average Bonchev–Trinajstić information content (AvgIpc) is 2.96. The third-order valence-electron chi connectivity index (χ3n) is 5.09. The van der Waals surface area contributed by atoms with Gasteiger partial charge in [-0.05, 0) is 44.1 Å². The summed E-state index contributed by atoms with van der Waals surface area (Å²) in [5.74, 6) is 0.631. The number of carbonyl (C=O) groups is 2. The normalized spacial score (nSPS) is 24.4. The summed E-state index contributed by atoms with van der Waals surface area (Å²) in [5, 5.41) is 3.14. The van der Waals surface area contributed by atoms with Crippen molar-refractivity contribution < 1.29 is 14.3 Å². The number of rotatable bonds is 5. The van der Waals surface area contributed by atoms with E-state index in [1.165, 1.54) is 0 Å². The third kappa shape index (κ3) is 4.51. The second kappa shape index (κ2) is 7.87. The fraction of sp³-hybridized carbons (Fsp3) is 0.579. The molecule has 2 aliphatic heterocycles. The summed E-state index contributed by atoms with van der Waals surface area (Å²) in [7, 11) is 3.71. The highest BCUT2D eigenvalue weighted by Gasteiger charge is 2.35. The highest BCUT2D eigenvalue weighted by molar-refractivity contribution is 5.89. The van der Waals surface area contributed by atoms with Gasteiger partial charge < -0.3 is 19.9 Å². The fourth-order valence-electron chi connectivity index (χ4n) is 3.66. The molecule has 2 heterocycles. The molecule has 6 heteroatoms. The van der Waals surface area contributed by atoms with Gasteiger partial charge in [0, 0.05) is 32.1 Å². The van der Waals surface area contributed by atoms with Crippen LogP contribution in [0.25, 0.3) is 0 Å². The molecule has 3 rings (SSSR count). The summed E-state index contributed by atoms with van der Waals surface area (Å²) in [6, 6.07) is 7.89. The topological polar surface area (TPSA) is 61.9 Å². The SMILES string of the molecule is COc1ccc(CN2C[C@@H](C(=O)N[C@H]3CCCN(C)C3)CC2=O)cc1. The van der Waals surface area contributed by atoms with E-state index in [1.54, 1.807) is 12.0 Å². The number of carbonyl (C=O) groups excluding carboxylic acids is 2. The number of hydrogen-bond donors (Lipinski definition) is 1. The van der Waals surface area contributed by atoms with Crippen molar-refractivity contribution in [1.82, 2.24) is 15.1 Å². The van der Waals surface area contributed by atoms with Crippen LogP contribution in [0.1, 0.15) is 24.8 Å². The molecule has 0 unspecified atom stereocenters. The van der Waals surface area contributed by atoms with E-state index in [2.05, 4.69) is 17.3 Å². The van der Waals surface area contributed by atoms with E-state index in [4.69, 9.17) is 4.74 Å². The van der Waals surface area contributed by atoms with Gasteiger partial charge >= 0.3 is 0 Å². The summed E-state index contributed by atoms with van der Waals surface area (Å²) >= 11 is 0. The van der Waals surface area contributed by atoms with Crippen molar-refractivity contribution in [2.75, 3.05) is 33.8 Å². The highest BCUT2D eigenvalue weighted by atomic mass is 16.5. The molecule has 0 aromatic heterocycles. The van der Waals surface area contributed by atoms with Gasteiger partial charge in [-0.15, -0.1) is 0 Å². The Hall–Kier alpha value is -2.08. The Bertz CT molecular complexity index is 617. The number of likely N-dealkylation sites (N-methyl/N-ethyl adjacent to an activating group) is 1. The van der Waals surface area contributed by atoms with Crippen LogP contribution >= 0.6 is 0 Å². The van der Waals surface area contributed by atoms with Crippen molar-refractivity contribution in [1.29, 1.82) is 0 Å². The zero-order chi connectivity index (χ0) is 17.8. The smallest absolute Gasteiger partial charge is 0.225 e. The lowest BCUT2D eigenvalue weighted by Gasteiger charge is -2.30. The molecule has 0 saturated carbocycles. The summed E-state index contributed by atoms with van der Waals surface area (Å²) < 4.78 is 5.15. The van der Waals surface area contributed by atoms with Crippen LogP contribution in [-0.2, 0) is 16.1 Å². The summed E-state index contributed by atoms with van der Waals surface area (Å²) in [5.41, 5.74) is 1.05. The van der Waals surface area contributed by atoms with E-state index in [0.717, 1.165) is 37.2 Å². The number of nitrogens with one attached hydrogen (secondary N) is 1. The Morgan fingerprint density at radius 3 is 2.72 bits per heavy atom. The average molecular weight is 345 g/mol. The minimum Gasteiger partial charge on any atom is -0.497 e. The number of amides is 2. The lowest BCUT2D eigenvalue weighted by molar-refractivity contribution is -0.129. The molecule has 2 amide bonds. The molecule has 0 aliphatic carbocycles. The first-order chi connectivity index (χ1) is 12.0. The molecule has 2 aliphatic rings. The van der Waals surface area contributed by atoms with Crippen LogP contribution in [-0.4, -0.2) is 61.4 Å². The molecule has 2 fully saturated rings. The summed E-state index contributed by atoms with van der Waals surface area (Å²) in [4.78, 5) is 28.8. The van der Waals surface area contributed by atoms with Crippen LogP contribution < -0.4 is 10.1 Å². The van der Waals surface area contributed by atoms with E-state index >= 15 is 0 Å². The van der Waals surface area contributed by atoms with Crippen LogP contribution in [0.5, 0.6) is 5.75 Å². The van der Waals surface area contributed by atoms with Crippen molar-refractivity contribution in [2.45, 2.75) is 31.8 Å². The number of likely N-dealkylation sites (tertiary alicyclic amines) is 2. The zero-order valence-electron chi connectivity index (χ0n) is 15.0. The Labute approximate surface area is 149 Å². The van der Waals surface area contributed by atoms with Gasteiger partial charge in [-0.25, -0.2) is 0 Å². The van der Waals surface area contributed by atoms with E-state index in [9.17, 15) is 9.59 Å². The Morgan fingerprint density at radius 2 is 2.04 bits per heavy atom. The van der Waals surface area contributed by atoms with Gasteiger partial charge in [0.15, 0.2) is 0 Å². The first kappa shape index (κ1) is 17.7. The number of ether oxygens (including phenoxy) is 1. The second-order valence-electron chi connectivity index (χ2n) is 7.13.